The molecule has 1 aromatic rings. The van der Waals surface area contributed by atoms with Crippen LogP contribution >= 0.6 is 0 Å². The molecule has 0 aliphatic heterocycles. The van der Waals surface area contributed by atoms with Gasteiger partial charge in [-0.3, -0.25) is 4.98 Å². The fourth-order valence-electron chi connectivity index (χ4n) is 1.81. The summed E-state index contributed by atoms with van der Waals surface area (Å²) in [7, 11) is 0. The fraction of sp³-hybridized carbons (Fsp3) is 0.583. The topological polar surface area (TPSA) is 50.9 Å². The van der Waals surface area contributed by atoms with Crippen LogP contribution in [0.5, 0.6) is 0 Å². The quantitative estimate of drug-likeness (QED) is 0.781. The molecule has 1 aliphatic rings. The number of nitrogens with one attached hydrogen (secondary N) is 1. The minimum absolute atomic E-state index is 0.490. The molecule has 0 aromatic carbocycles. The lowest BCUT2D eigenvalue weighted by Gasteiger charge is -2.07. The van der Waals surface area contributed by atoms with Crippen molar-refractivity contribution in [3.63, 3.8) is 0 Å². The Bertz CT molecular complexity index is 346. The molecule has 1 fully saturated rings. The molecule has 1 unspecified atom stereocenters. The molecule has 0 amide bonds. The third kappa shape index (κ3) is 2.55. The van der Waals surface area contributed by atoms with Crippen LogP contribution in [0.1, 0.15) is 31.5 Å². The average Bonchev–Trinajstić information content (AvgIpc) is 2.84. The molecule has 1 saturated carbocycles. The lowest BCUT2D eigenvalue weighted by Crippen LogP contribution is -2.20. The van der Waals surface area contributed by atoms with E-state index in [1.807, 2.05) is 12.3 Å². The molecular weight excluding hydrogens is 186 g/mol. The summed E-state index contributed by atoms with van der Waals surface area (Å²) >= 11 is 0. The van der Waals surface area contributed by atoms with Crippen LogP contribution in [0.25, 0.3) is 0 Å². The molecule has 2 rings (SSSR count). The highest BCUT2D eigenvalue weighted by Gasteiger charge is 2.44. The smallest absolute Gasteiger partial charge is 0.0542 e. The predicted octanol–water partition coefficient (Wildman–Crippen LogP) is 1.43. The van der Waals surface area contributed by atoms with Crippen LogP contribution in [0.2, 0.25) is 0 Å². The van der Waals surface area contributed by atoms with E-state index in [1.165, 1.54) is 12.0 Å². The maximum absolute atomic E-state index is 5.55. The Morgan fingerprint density at radius 3 is 2.93 bits per heavy atom. The van der Waals surface area contributed by atoms with Gasteiger partial charge in [-0.25, -0.2) is 0 Å². The van der Waals surface area contributed by atoms with Crippen LogP contribution in [0, 0.1) is 5.41 Å². The molecule has 3 N–H and O–H groups in total. The van der Waals surface area contributed by atoms with Gasteiger partial charge in [0.1, 0.15) is 0 Å². The Labute approximate surface area is 91.1 Å². The number of nitrogens with zero attached hydrogens (tertiary/aromatic N) is 1. The molecule has 1 aromatic heterocycles. The third-order valence-electron chi connectivity index (χ3n) is 3.16. The molecule has 3 nitrogen and oxygen atoms in total. The van der Waals surface area contributed by atoms with E-state index in [2.05, 4.69) is 30.2 Å². The summed E-state index contributed by atoms with van der Waals surface area (Å²) in [5.41, 5.74) is 8.27. The number of pyridine rings is 1. The van der Waals surface area contributed by atoms with E-state index >= 15 is 0 Å². The highest BCUT2D eigenvalue weighted by Crippen LogP contribution is 2.44. The van der Waals surface area contributed by atoms with E-state index in [0.717, 1.165) is 12.2 Å². The maximum Gasteiger partial charge on any atom is 0.0542 e. The number of aromatic nitrogens is 1. The second kappa shape index (κ2) is 3.91. The molecule has 1 aliphatic carbocycles. The summed E-state index contributed by atoms with van der Waals surface area (Å²) in [6, 6.07) is 4.79. The van der Waals surface area contributed by atoms with E-state index in [1.54, 1.807) is 0 Å². The number of rotatable bonds is 4. The van der Waals surface area contributed by atoms with Gasteiger partial charge < -0.3 is 11.1 Å². The summed E-state index contributed by atoms with van der Waals surface area (Å²) in [4.78, 5) is 4.18. The Balaban J connectivity index is 1.88. The van der Waals surface area contributed by atoms with Gasteiger partial charge in [-0.15, -0.1) is 0 Å². The molecule has 3 heteroatoms. The highest BCUT2D eigenvalue weighted by atomic mass is 15.0. The van der Waals surface area contributed by atoms with Gasteiger partial charge in [-0.1, -0.05) is 13.8 Å². The van der Waals surface area contributed by atoms with E-state index in [9.17, 15) is 0 Å². The molecule has 1 atom stereocenters. The largest absolute Gasteiger partial charge is 0.325 e. The van der Waals surface area contributed by atoms with Gasteiger partial charge >= 0.3 is 0 Å². The molecule has 15 heavy (non-hydrogen) atoms. The second-order valence-corrected chi connectivity index (χ2v) is 4.99. The average molecular weight is 205 g/mol. The molecule has 0 spiro atoms. The minimum atomic E-state index is 0.490. The summed E-state index contributed by atoms with van der Waals surface area (Å²) in [5.74, 6) is 0. The van der Waals surface area contributed by atoms with Crippen LogP contribution in [-0.4, -0.2) is 11.0 Å². The molecule has 0 saturated heterocycles. The Morgan fingerprint density at radius 2 is 2.33 bits per heavy atom. The Kier molecular flexibility index (Phi) is 2.76. The van der Waals surface area contributed by atoms with E-state index in [0.29, 0.717) is 18.0 Å². The third-order valence-corrected chi connectivity index (χ3v) is 3.16. The van der Waals surface area contributed by atoms with Crippen molar-refractivity contribution < 1.29 is 0 Å². The highest BCUT2D eigenvalue weighted by molar-refractivity contribution is 5.17. The monoisotopic (exact) mass is 205 g/mol. The fourth-order valence-corrected chi connectivity index (χ4v) is 1.81. The van der Waals surface area contributed by atoms with Crippen LogP contribution in [0.15, 0.2) is 18.3 Å². The summed E-state index contributed by atoms with van der Waals surface area (Å²) < 4.78 is 0. The van der Waals surface area contributed by atoms with Crippen molar-refractivity contribution in [3.05, 3.63) is 29.6 Å². The summed E-state index contributed by atoms with van der Waals surface area (Å²) in [5, 5.41) is 3.55. The van der Waals surface area contributed by atoms with Gasteiger partial charge in [0, 0.05) is 25.3 Å². The number of hydrogen-bond acceptors (Lipinski definition) is 3. The van der Waals surface area contributed by atoms with Gasteiger partial charge in [0.05, 0.1) is 5.69 Å². The van der Waals surface area contributed by atoms with Gasteiger partial charge in [0.15, 0.2) is 0 Å². The first kappa shape index (κ1) is 10.6. The zero-order valence-corrected chi connectivity index (χ0v) is 9.46. The van der Waals surface area contributed by atoms with Crippen molar-refractivity contribution in [1.29, 1.82) is 0 Å². The van der Waals surface area contributed by atoms with Crippen molar-refractivity contribution in [1.82, 2.24) is 10.3 Å². The first-order valence-electron chi connectivity index (χ1n) is 5.49. The van der Waals surface area contributed by atoms with Crippen molar-refractivity contribution in [3.8, 4) is 0 Å². The van der Waals surface area contributed by atoms with Crippen LogP contribution in [0.3, 0.4) is 0 Å². The maximum atomic E-state index is 5.55. The van der Waals surface area contributed by atoms with Crippen molar-refractivity contribution in [2.24, 2.45) is 11.1 Å². The molecular formula is C12H19N3. The van der Waals surface area contributed by atoms with E-state index in [-0.39, 0.29) is 0 Å². The SMILES string of the molecule is CC1(C)CC1NCc1ccnc(CN)c1. The molecule has 0 bridgehead atoms. The predicted molar refractivity (Wildman–Crippen MR) is 61.2 cm³/mol. The molecule has 82 valence electrons. The van der Waals surface area contributed by atoms with Crippen LogP contribution in [0.4, 0.5) is 0 Å². The summed E-state index contributed by atoms with van der Waals surface area (Å²) in [6.45, 7) is 6.03. The molecule has 0 radical (unpaired) electrons. The van der Waals surface area contributed by atoms with Crippen molar-refractivity contribution in [2.45, 2.75) is 39.4 Å². The van der Waals surface area contributed by atoms with E-state index < -0.39 is 0 Å². The van der Waals surface area contributed by atoms with E-state index in [4.69, 9.17) is 5.73 Å². The normalized spacial score (nSPS) is 22.7. The minimum Gasteiger partial charge on any atom is -0.325 e. The number of nitrogens with two attached hydrogens (primary N) is 1. The molecule has 1 heterocycles. The van der Waals surface area contributed by atoms with Gasteiger partial charge in [-0.2, -0.15) is 0 Å². The first-order chi connectivity index (χ1) is 7.12. The zero-order valence-electron chi connectivity index (χ0n) is 9.46. The first-order valence-corrected chi connectivity index (χ1v) is 5.49. The van der Waals surface area contributed by atoms with Crippen molar-refractivity contribution in [2.75, 3.05) is 0 Å². The zero-order chi connectivity index (χ0) is 10.9. The second-order valence-electron chi connectivity index (χ2n) is 4.99. The Hall–Kier alpha value is -0.930. The van der Waals surface area contributed by atoms with Crippen LogP contribution in [-0.2, 0) is 13.1 Å². The lowest BCUT2D eigenvalue weighted by molar-refractivity contribution is 0.542. The van der Waals surface area contributed by atoms with Gasteiger partial charge in [0.2, 0.25) is 0 Å². The van der Waals surface area contributed by atoms with Gasteiger partial charge in [-0.05, 0) is 29.5 Å². The number of hydrogen-bond donors (Lipinski definition) is 2. The van der Waals surface area contributed by atoms with Crippen molar-refractivity contribution >= 4 is 0 Å². The Morgan fingerprint density at radius 1 is 1.60 bits per heavy atom. The van der Waals surface area contributed by atoms with Gasteiger partial charge in [0.25, 0.3) is 0 Å². The van der Waals surface area contributed by atoms with Crippen LogP contribution < -0.4 is 11.1 Å². The summed E-state index contributed by atoms with van der Waals surface area (Å²) in [6.07, 6.45) is 3.11. The lowest BCUT2D eigenvalue weighted by atomic mass is 10.2. The standard InChI is InChI=1S/C12H19N3/c1-12(2)6-11(12)15-8-9-3-4-14-10(5-9)7-13/h3-5,11,15H,6-8,13H2,1-2H3.